The zero-order valence-corrected chi connectivity index (χ0v) is 6.87. The fraction of sp³-hybridized carbons (Fsp3) is 0.500. The van der Waals surface area contributed by atoms with Crippen LogP contribution in [0.2, 0.25) is 0 Å². The van der Waals surface area contributed by atoms with Crippen LogP contribution in [0.1, 0.15) is 28.5 Å². The zero-order valence-electron chi connectivity index (χ0n) is 6.05. The van der Waals surface area contributed by atoms with Crippen LogP contribution in [-0.4, -0.2) is 0 Å². The summed E-state index contributed by atoms with van der Waals surface area (Å²) in [6.07, 6.45) is 2.70. The van der Waals surface area contributed by atoms with E-state index in [0.717, 1.165) is 11.6 Å². The highest BCUT2D eigenvalue weighted by atomic mass is 32.1. The van der Waals surface area contributed by atoms with Crippen molar-refractivity contribution < 1.29 is 0 Å². The van der Waals surface area contributed by atoms with Crippen LogP contribution >= 0.6 is 11.3 Å². The Hall–Kier alpha value is -0.500. The van der Waals surface area contributed by atoms with Gasteiger partial charge in [-0.3, -0.25) is 0 Å². The molecule has 1 saturated carbocycles. The first kappa shape index (κ1) is 6.23. The topological polar surface area (TPSA) is 26.0 Å². The van der Waals surface area contributed by atoms with Gasteiger partial charge in [0.1, 0.15) is 0 Å². The van der Waals surface area contributed by atoms with Gasteiger partial charge in [0, 0.05) is 15.4 Å². The highest BCUT2D eigenvalue weighted by Crippen LogP contribution is 2.46. The number of hydrogen-bond acceptors (Lipinski definition) is 2. The quantitative estimate of drug-likeness (QED) is 0.659. The highest BCUT2D eigenvalue weighted by Gasteiger charge is 2.26. The van der Waals surface area contributed by atoms with Crippen molar-refractivity contribution in [2.45, 2.75) is 25.7 Å². The molecule has 0 radical (unpaired) electrons. The molecule has 0 atom stereocenters. The summed E-state index contributed by atoms with van der Waals surface area (Å²) in [5, 5.41) is 0. The summed E-state index contributed by atoms with van der Waals surface area (Å²) >= 11 is 1.86. The van der Waals surface area contributed by atoms with E-state index in [1.807, 2.05) is 11.3 Å². The summed E-state index contributed by atoms with van der Waals surface area (Å²) in [7, 11) is 0. The first-order chi connectivity index (χ1) is 4.77. The Balaban J connectivity index is 2.38. The number of thiophene rings is 1. The Kier molecular flexibility index (Phi) is 1.24. The molecule has 0 bridgehead atoms. The summed E-state index contributed by atoms with van der Waals surface area (Å²) in [6.45, 7) is 2.12. The number of nitrogen functional groups attached to an aromatic ring is 1. The molecule has 2 heteroatoms. The van der Waals surface area contributed by atoms with Gasteiger partial charge >= 0.3 is 0 Å². The molecule has 1 heterocycles. The maximum Gasteiger partial charge on any atom is 0.0461 e. The van der Waals surface area contributed by atoms with Crippen LogP contribution < -0.4 is 5.73 Å². The summed E-state index contributed by atoms with van der Waals surface area (Å²) in [5.41, 5.74) is 6.81. The van der Waals surface area contributed by atoms with Gasteiger partial charge in [0.05, 0.1) is 0 Å². The molecule has 2 rings (SSSR count). The predicted octanol–water partition coefficient (Wildman–Crippen LogP) is 2.52. The SMILES string of the molecule is Cc1cc(N)c(C2CC2)s1. The lowest BCUT2D eigenvalue weighted by atomic mass is 10.3. The normalized spacial score (nSPS) is 17.7. The fourth-order valence-corrected chi connectivity index (χ4v) is 2.33. The van der Waals surface area contributed by atoms with E-state index in [-0.39, 0.29) is 0 Å². The van der Waals surface area contributed by atoms with Gasteiger partial charge in [-0.2, -0.15) is 0 Å². The molecular formula is C8H11NS. The molecule has 1 aliphatic carbocycles. The summed E-state index contributed by atoms with van der Waals surface area (Å²) in [4.78, 5) is 2.77. The zero-order chi connectivity index (χ0) is 7.14. The first-order valence-electron chi connectivity index (χ1n) is 3.63. The van der Waals surface area contributed by atoms with Gasteiger partial charge in [-0.15, -0.1) is 11.3 Å². The van der Waals surface area contributed by atoms with Gasteiger partial charge in [-0.05, 0) is 31.7 Å². The van der Waals surface area contributed by atoms with Crippen molar-refractivity contribution in [1.29, 1.82) is 0 Å². The lowest BCUT2D eigenvalue weighted by Gasteiger charge is -1.90. The number of hydrogen-bond donors (Lipinski definition) is 1. The van der Waals surface area contributed by atoms with Crippen LogP contribution in [-0.2, 0) is 0 Å². The molecule has 0 unspecified atom stereocenters. The Bertz CT molecular complexity index is 248. The summed E-state index contributed by atoms with van der Waals surface area (Å²) in [6, 6.07) is 2.08. The molecule has 1 fully saturated rings. The molecule has 0 aliphatic heterocycles. The van der Waals surface area contributed by atoms with Crippen molar-refractivity contribution >= 4 is 17.0 Å². The molecule has 0 saturated heterocycles. The third kappa shape index (κ3) is 0.926. The van der Waals surface area contributed by atoms with Crippen LogP contribution in [0.15, 0.2) is 6.07 Å². The first-order valence-corrected chi connectivity index (χ1v) is 4.45. The Labute approximate surface area is 64.9 Å². The van der Waals surface area contributed by atoms with Crippen LogP contribution in [0.4, 0.5) is 5.69 Å². The van der Waals surface area contributed by atoms with E-state index in [9.17, 15) is 0 Å². The number of rotatable bonds is 1. The molecule has 54 valence electrons. The smallest absolute Gasteiger partial charge is 0.0461 e. The van der Waals surface area contributed by atoms with E-state index in [1.54, 1.807) is 0 Å². The Morgan fingerprint density at radius 3 is 2.70 bits per heavy atom. The van der Waals surface area contributed by atoms with E-state index >= 15 is 0 Å². The molecule has 0 amide bonds. The number of aryl methyl sites for hydroxylation is 1. The second-order valence-electron chi connectivity index (χ2n) is 2.95. The lowest BCUT2D eigenvalue weighted by Crippen LogP contribution is -1.84. The van der Waals surface area contributed by atoms with Crippen molar-refractivity contribution in [2.24, 2.45) is 0 Å². The number of anilines is 1. The van der Waals surface area contributed by atoms with Crippen LogP contribution in [0.5, 0.6) is 0 Å². The van der Waals surface area contributed by atoms with Gasteiger partial charge in [0.25, 0.3) is 0 Å². The van der Waals surface area contributed by atoms with Crippen molar-refractivity contribution in [3.63, 3.8) is 0 Å². The van der Waals surface area contributed by atoms with E-state index in [0.29, 0.717) is 0 Å². The van der Waals surface area contributed by atoms with E-state index in [4.69, 9.17) is 5.73 Å². The van der Waals surface area contributed by atoms with Crippen molar-refractivity contribution in [3.05, 3.63) is 15.8 Å². The molecule has 1 aromatic heterocycles. The Morgan fingerprint density at radius 1 is 1.60 bits per heavy atom. The molecule has 1 aliphatic rings. The van der Waals surface area contributed by atoms with Crippen molar-refractivity contribution in [1.82, 2.24) is 0 Å². The largest absolute Gasteiger partial charge is 0.398 e. The summed E-state index contributed by atoms with van der Waals surface area (Å²) in [5.74, 6) is 0.818. The minimum atomic E-state index is 0.818. The van der Waals surface area contributed by atoms with Gasteiger partial charge in [-0.1, -0.05) is 0 Å². The van der Waals surface area contributed by atoms with E-state index in [2.05, 4.69) is 13.0 Å². The second kappa shape index (κ2) is 1.99. The standard InChI is InChI=1S/C8H11NS/c1-5-4-7(9)8(10-5)6-2-3-6/h4,6H,2-3,9H2,1H3. The molecule has 10 heavy (non-hydrogen) atoms. The van der Waals surface area contributed by atoms with Crippen molar-refractivity contribution in [3.8, 4) is 0 Å². The van der Waals surface area contributed by atoms with Crippen LogP contribution in [0.3, 0.4) is 0 Å². The monoisotopic (exact) mass is 153 g/mol. The molecule has 0 aromatic carbocycles. The highest BCUT2D eigenvalue weighted by molar-refractivity contribution is 7.12. The fourth-order valence-electron chi connectivity index (χ4n) is 1.22. The molecule has 1 nitrogen and oxygen atoms in total. The molecule has 0 spiro atoms. The predicted molar refractivity (Wildman–Crippen MR) is 45.4 cm³/mol. The lowest BCUT2D eigenvalue weighted by molar-refractivity contribution is 1.18. The maximum atomic E-state index is 5.79. The van der Waals surface area contributed by atoms with Gasteiger partial charge in [0.2, 0.25) is 0 Å². The molecule has 2 N–H and O–H groups in total. The molecular weight excluding hydrogens is 142 g/mol. The van der Waals surface area contributed by atoms with Crippen LogP contribution in [0.25, 0.3) is 0 Å². The third-order valence-corrected chi connectivity index (χ3v) is 3.09. The van der Waals surface area contributed by atoms with E-state index < -0.39 is 0 Å². The minimum Gasteiger partial charge on any atom is -0.398 e. The van der Waals surface area contributed by atoms with E-state index in [1.165, 1.54) is 22.6 Å². The maximum absolute atomic E-state index is 5.79. The van der Waals surface area contributed by atoms with Crippen molar-refractivity contribution in [2.75, 3.05) is 5.73 Å². The van der Waals surface area contributed by atoms with Crippen LogP contribution in [0, 0.1) is 6.92 Å². The third-order valence-electron chi connectivity index (χ3n) is 1.86. The minimum absolute atomic E-state index is 0.818. The van der Waals surface area contributed by atoms with Gasteiger partial charge in [0.15, 0.2) is 0 Å². The number of nitrogens with two attached hydrogens (primary N) is 1. The summed E-state index contributed by atoms with van der Waals surface area (Å²) < 4.78 is 0. The average Bonchev–Trinajstić information content (AvgIpc) is 2.61. The average molecular weight is 153 g/mol. The Morgan fingerprint density at radius 2 is 2.30 bits per heavy atom. The second-order valence-corrected chi connectivity index (χ2v) is 4.24. The van der Waals surface area contributed by atoms with Gasteiger partial charge in [-0.25, -0.2) is 0 Å². The van der Waals surface area contributed by atoms with Gasteiger partial charge < -0.3 is 5.73 Å². The molecule has 1 aromatic rings.